The molecule has 152 valence electrons. The fourth-order valence-corrected chi connectivity index (χ4v) is 4.58. The molecule has 2 aromatic heterocycles. The van der Waals surface area contributed by atoms with Crippen LogP contribution in [0.4, 0.5) is 5.82 Å². The Labute approximate surface area is 177 Å². The van der Waals surface area contributed by atoms with Crippen molar-refractivity contribution in [1.82, 2.24) is 14.5 Å². The van der Waals surface area contributed by atoms with Crippen LogP contribution < -0.4 is 14.8 Å². The van der Waals surface area contributed by atoms with Gasteiger partial charge in [0.05, 0.1) is 19.6 Å². The highest BCUT2D eigenvalue weighted by atomic mass is 79.9. The number of carbonyl (C=O) groups is 1. The van der Waals surface area contributed by atoms with Gasteiger partial charge in [0, 0.05) is 40.8 Å². The fourth-order valence-electron chi connectivity index (χ4n) is 4.00. The van der Waals surface area contributed by atoms with Crippen LogP contribution in [0.5, 0.6) is 11.5 Å². The highest BCUT2D eigenvalue weighted by Crippen LogP contribution is 2.39. The number of nitrogens with one attached hydrogen (secondary N) is 1. The van der Waals surface area contributed by atoms with E-state index in [2.05, 4.69) is 42.0 Å². The molecular weight excluding hydrogens is 436 g/mol. The number of methoxy groups -OCH3 is 2. The van der Waals surface area contributed by atoms with E-state index in [1.165, 1.54) is 0 Å². The second-order valence-electron chi connectivity index (χ2n) is 7.20. The third-order valence-corrected chi connectivity index (χ3v) is 6.14. The van der Waals surface area contributed by atoms with Gasteiger partial charge in [0.1, 0.15) is 35.6 Å². The number of hydrogen-bond acceptors (Lipinski definition) is 6. The average molecular weight is 459 g/mol. The Bertz CT molecular complexity index is 1040. The van der Waals surface area contributed by atoms with Crippen LogP contribution in [-0.2, 0) is 11.3 Å². The molecule has 8 heteroatoms. The van der Waals surface area contributed by atoms with Crippen LogP contribution in [0.2, 0.25) is 0 Å². The number of rotatable bonds is 7. The highest BCUT2D eigenvalue weighted by molar-refractivity contribution is 9.10. The van der Waals surface area contributed by atoms with Crippen molar-refractivity contribution in [2.45, 2.75) is 31.8 Å². The molecule has 0 bridgehead atoms. The summed E-state index contributed by atoms with van der Waals surface area (Å²) in [7, 11) is 3.28. The predicted octanol–water partition coefficient (Wildman–Crippen LogP) is 4.36. The summed E-state index contributed by atoms with van der Waals surface area (Å²) in [6.45, 7) is 0.549. The van der Waals surface area contributed by atoms with Gasteiger partial charge in [-0.05, 0) is 47.3 Å². The molecule has 0 spiro atoms. The number of halogens is 1. The molecule has 1 aromatic carbocycles. The maximum atomic E-state index is 11.1. The lowest BCUT2D eigenvalue weighted by Crippen LogP contribution is -2.07. The lowest BCUT2D eigenvalue weighted by molar-refractivity contribution is -0.110. The largest absolute Gasteiger partial charge is 0.497 e. The number of fused-ring (bicyclic) bond motifs is 1. The second kappa shape index (κ2) is 8.41. The monoisotopic (exact) mass is 458 g/mol. The summed E-state index contributed by atoms with van der Waals surface area (Å²) < 4.78 is 13.9. The molecule has 1 N–H and O–H groups in total. The lowest BCUT2D eigenvalue weighted by atomic mass is 10.1. The van der Waals surface area contributed by atoms with Crippen molar-refractivity contribution in [3.63, 3.8) is 0 Å². The molecule has 0 radical (unpaired) electrons. The van der Waals surface area contributed by atoms with Gasteiger partial charge in [0.15, 0.2) is 0 Å². The van der Waals surface area contributed by atoms with Gasteiger partial charge in [0.25, 0.3) is 0 Å². The first kappa shape index (κ1) is 19.7. The zero-order valence-corrected chi connectivity index (χ0v) is 18.0. The van der Waals surface area contributed by atoms with E-state index in [4.69, 9.17) is 9.47 Å². The molecule has 0 aliphatic heterocycles. The van der Waals surface area contributed by atoms with Crippen LogP contribution in [0.15, 0.2) is 35.2 Å². The number of aldehydes is 1. The van der Waals surface area contributed by atoms with E-state index >= 15 is 0 Å². The molecule has 1 saturated carbocycles. The quantitative estimate of drug-likeness (QED) is 0.529. The summed E-state index contributed by atoms with van der Waals surface area (Å²) in [6, 6.07) is 6.03. The molecule has 2 heterocycles. The van der Waals surface area contributed by atoms with Crippen LogP contribution in [-0.4, -0.2) is 35.0 Å². The Morgan fingerprint density at radius 3 is 2.86 bits per heavy atom. The van der Waals surface area contributed by atoms with E-state index in [0.29, 0.717) is 6.54 Å². The molecule has 1 aliphatic carbocycles. The smallest absolute Gasteiger partial charge is 0.146 e. The third kappa shape index (κ3) is 3.81. The summed E-state index contributed by atoms with van der Waals surface area (Å²) in [5, 5.41) is 4.35. The maximum absolute atomic E-state index is 11.1. The van der Waals surface area contributed by atoms with Crippen molar-refractivity contribution in [2.75, 3.05) is 19.5 Å². The second-order valence-corrected chi connectivity index (χ2v) is 8.05. The number of carbonyl (C=O) groups excluding carboxylic acids is 1. The van der Waals surface area contributed by atoms with Crippen molar-refractivity contribution >= 4 is 39.1 Å². The first-order valence-electron chi connectivity index (χ1n) is 9.55. The number of nitrogens with zero attached hydrogens (tertiary/aromatic N) is 3. The first-order valence-corrected chi connectivity index (χ1v) is 10.3. The van der Waals surface area contributed by atoms with Crippen LogP contribution in [0.1, 0.15) is 30.9 Å². The molecule has 2 unspecified atom stereocenters. The molecule has 0 saturated heterocycles. The molecule has 0 amide bonds. The summed E-state index contributed by atoms with van der Waals surface area (Å²) >= 11 is 3.67. The number of anilines is 1. The molecule has 7 nitrogen and oxygen atoms in total. The Balaban J connectivity index is 1.61. The van der Waals surface area contributed by atoms with E-state index in [1.54, 1.807) is 20.5 Å². The van der Waals surface area contributed by atoms with Crippen LogP contribution in [0.3, 0.4) is 0 Å². The Hall–Kier alpha value is -2.61. The molecule has 1 fully saturated rings. The molecular formula is C21H23BrN4O3. The van der Waals surface area contributed by atoms with Crippen molar-refractivity contribution in [3.05, 3.63) is 40.8 Å². The van der Waals surface area contributed by atoms with E-state index in [9.17, 15) is 4.79 Å². The SMILES string of the molecule is COc1ccc(CNc2ncnc3c2c(Br)cn3C2CCC(C=O)C2)c(OC)c1. The summed E-state index contributed by atoms with van der Waals surface area (Å²) in [4.78, 5) is 20.1. The van der Waals surface area contributed by atoms with E-state index in [-0.39, 0.29) is 12.0 Å². The Kier molecular flexibility index (Phi) is 5.71. The zero-order valence-electron chi connectivity index (χ0n) is 16.4. The normalized spacial score (nSPS) is 18.7. The Morgan fingerprint density at radius 1 is 1.28 bits per heavy atom. The van der Waals surface area contributed by atoms with Gasteiger partial charge in [-0.15, -0.1) is 0 Å². The van der Waals surface area contributed by atoms with Crippen LogP contribution >= 0.6 is 15.9 Å². The third-order valence-electron chi connectivity index (χ3n) is 5.53. The number of aromatic nitrogens is 3. The van der Waals surface area contributed by atoms with Gasteiger partial charge >= 0.3 is 0 Å². The molecule has 4 rings (SSSR count). The Morgan fingerprint density at radius 2 is 2.14 bits per heavy atom. The van der Waals surface area contributed by atoms with E-state index in [0.717, 1.165) is 63.9 Å². The molecule has 2 atom stereocenters. The van der Waals surface area contributed by atoms with Crippen molar-refractivity contribution < 1.29 is 14.3 Å². The summed E-state index contributed by atoms with van der Waals surface area (Å²) in [6.07, 6.45) is 7.47. The van der Waals surface area contributed by atoms with E-state index < -0.39 is 0 Å². The number of hydrogen-bond donors (Lipinski definition) is 1. The van der Waals surface area contributed by atoms with Gasteiger partial charge in [-0.2, -0.15) is 0 Å². The summed E-state index contributed by atoms with van der Waals surface area (Å²) in [5.74, 6) is 2.39. The van der Waals surface area contributed by atoms with Crippen molar-refractivity contribution in [1.29, 1.82) is 0 Å². The first-order chi connectivity index (χ1) is 14.1. The van der Waals surface area contributed by atoms with Gasteiger partial charge < -0.3 is 24.2 Å². The predicted molar refractivity (Wildman–Crippen MR) is 115 cm³/mol. The minimum atomic E-state index is 0.137. The van der Waals surface area contributed by atoms with Gasteiger partial charge in [-0.25, -0.2) is 9.97 Å². The number of benzene rings is 1. The minimum absolute atomic E-state index is 0.137. The molecule has 29 heavy (non-hydrogen) atoms. The summed E-state index contributed by atoms with van der Waals surface area (Å²) in [5.41, 5.74) is 1.87. The molecule has 3 aromatic rings. The van der Waals surface area contributed by atoms with Crippen molar-refractivity contribution in [2.24, 2.45) is 5.92 Å². The average Bonchev–Trinajstić information content (AvgIpc) is 3.37. The van der Waals surface area contributed by atoms with Gasteiger partial charge in [0.2, 0.25) is 0 Å². The highest BCUT2D eigenvalue weighted by Gasteiger charge is 2.28. The molecule has 1 aliphatic rings. The number of ether oxygens (including phenoxy) is 2. The zero-order chi connectivity index (χ0) is 20.4. The minimum Gasteiger partial charge on any atom is -0.497 e. The maximum Gasteiger partial charge on any atom is 0.146 e. The topological polar surface area (TPSA) is 78.3 Å². The van der Waals surface area contributed by atoms with E-state index in [1.807, 2.05) is 18.2 Å². The van der Waals surface area contributed by atoms with Crippen molar-refractivity contribution in [3.8, 4) is 11.5 Å². The standard InChI is InChI=1S/C21H23BrN4O3/c1-28-16-6-4-14(18(8-16)29-2)9-23-20-19-17(22)10-26(21(19)25-12-24-20)15-5-3-13(7-15)11-27/h4,6,8,10-13,15H,3,5,7,9H2,1-2H3,(H,23,24,25). The van der Waals surface area contributed by atoms with Crippen LogP contribution in [0, 0.1) is 5.92 Å². The van der Waals surface area contributed by atoms with Gasteiger partial charge in [-0.3, -0.25) is 0 Å². The van der Waals surface area contributed by atoms with Crippen LogP contribution in [0.25, 0.3) is 11.0 Å². The van der Waals surface area contributed by atoms with Gasteiger partial charge in [-0.1, -0.05) is 0 Å². The fraction of sp³-hybridized carbons (Fsp3) is 0.381. The lowest BCUT2D eigenvalue weighted by Gasteiger charge is -2.14.